The Morgan fingerprint density at radius 2 is 1.88 bits per heavy atom. The molecule has 0 radical (unpaired) electrons. The minimum absolute atomic E-state index is 0.0485. The molecular formula is C16H20F3N3O3. The summed E-state index contributed by atoms with van der Waals surface area (Å²) in [4.78, 5) is 27.0. The average Bonchev–Trinajstić information content (AvgIpc) is 2.55. The van der Waals surface area contributed by atoms with Crippen LogP contribution in [0.25, 0.3) is 0 Å². The van der Waals surface area contributed by atoms with Crippen LogP contribution in [0.5, 0.6) is 0 Å². The van der Waals surface area contributed by atoms with E-state index in [1.807, 2.05) is 4.90 Å². The van der Waals surface area contributed by atoms with E-state index < -0.39 is 17.6 Å². The van der Waals surface area contributed by atoms with Crippen LogP contribution in [-0.2, 0) is 15.7 Å². The van der Waals surface area contributed by atoms with Crippen molar-refractivity contribution in [3.8, 4) is 0 Å². The number of carbonyl (C=O) groups is 2. The molecule has 1 aliphatic heterocycles. The Morgan fingerprint density at radius 3 is 2.48 bits per heavy atom. The minimum Gasteiger partial charge on any atom is -0.450 e. The molecule has 0 bridgehead atoms. The number of alkyl halides is 3. The minimum atomic E-state index is -4.45. The zero-order chi connectivity index (χ0) is 18.4. The Hall–Kier alpha value is -2.29. The van der Waals surface area contributed by atoms with Crippen molar-refractivity contribution in [1.29, 1.82) is 0 Å². The van der Waals surface area contributed by atoms with E-state index in [0.29, 0.717) is 32.8 Å². The number of hydrogen-bond acceptors (Lipinski definition) is 4. The quantitative estimate of drug-likeness (QED) is 0.897. The molecule has 1 aliphatic rings. The number of rotatable bonds is 4. The number of ether oxygens (including phenoxy) is 1. The van der Waals surface area contributed by atoms with Gasteiger partial charge in [0.1, 0.15) is 0 Å². The second-order valence-corrected chi connectivity index (χ2v) is 5.59. The van der Waals surface area contributed by atoms with E-state index in [1.54, 1.807) is 11.8 Å². The summed E-state index contributed by atoms with van der Waals surface area (Å²) in [7, 11) is 0. The van der Waals surface area contributed by atoms with E-state index >= 15 is 0 Å². The highest BCUT2D eigenvalue weighted by atomic mass is 19.4. The number of halogens is 3. The van der Waals surface area contributed by atoms with Crippen molar-refractivity contribution in [1.82, 2.24) is 9.80 Å². The first-order valence-corrected chi connectivity index (χ1v) is 7.90. The first-order valence-electron chi connectivity index (χ1n) is 7.90. The molecule has 0 saturated carbocycles. The molecule has 25 heavy (non-hydrogen) atoms. The molecule has 0 atom stereocenters. The first-order chi connectivity index (χ1) is 11.8. The van der Waals surface area contributed by atoms with E-state index in [9.17, 15) is 22.8 Å². The molecule has 0 unspecified atom stereocenters. The monoisotopic (exact) mass is 359 g/mol. The topological polar surface area (TPSA) is 61.9 Å². The third-order valence-electron chi connectivity index (χ3n) is 3.74. The van der Waals surface area contributed by atoms with Gasteiger partial charge in [-0.25, -0.2) is 4.79 Å². The SMILES string of the molecule is CCOC(=O)N1CCN(CC(=O)Nc2cccc(C(F)(F)F)c2)CC1. The van der Waals surface area contributed by atoms with Gasteiger partial charge in [-0.15, -0.1) is 0 Å². The van der Waals surface area contributed by atoms with Crippen molar-refractivity contribution in [3.63, 3.8) is 0 Å². The Bertz CT molecular complexity index is 614. The third kappa shape index (κ3) is 5.63. The van der Waals surface area contributed by atoms with Crippen molar-refractivity contribution >= 4 is 17.7 Å². The number of benzene rings is 1. The molecule has 6 nitrogen and oxygen atoms in total. The second-order valence-electron chi connectivity index (χ2n) is 5.59. The maximum atomic E-state index is 12.7. The fourth-order valence-electron chi connectivity index (χ4n) is 2.48. The zero-order valence-corrected chi connectivity index (χ0v) is 13.8. The fourth-order valence-corrected chi connectivity index (χ4v) is 2.48. The van der Waals surface area contributed by atoms with Crippen molar-refractivity contribution < 1.29 is 27.5 Å². The smallest absolute Gasteiger partial charge is 0.416 e. The lowest BCUT2D eigenvalue weighted by Crippen LogP contribution is -2.50. The van der Waals surface area contributed by atoms with Crippen LogP contribution in [0.1, 0.15) is 12.5 Å². The maximum absolute atomic E-state index is 12.7. The number of hydrogen-bond donors (Lipinski definition) is 1. The predicted octanol–water partition coefficient (Wildman–Crippen LogP) is 2.42. The molecule has 0 spiro atoms. The van der Waals surface area contributed by atoms with Gasteiger partial charge in [-0.2, -0.15) is 13.2 Å². The molecule has 0 aliphatic carbocycles. The number of nitrogens with zero attached hydrogens (tertiary/aromatic N) is 2. The number of anilines is 1. The van der Waals surface area contributed by atoms with Crippen molar-refractivity contribution in [2.24, 2.45) is 0 Å². The lowest BCUT2D eigenvalue weighted by Gasteiger charge is -2.33. The Balaban J connectivity index is 1.83. The summed E-state index contributed by atoms with van der Waals surface area (Å²) in [5.74, 6) is -0.399. The van der Waals surface area contributed by atoms with Gasteiger partial charge in [-0.3, -0.25) is 9.69 Å². The summed E-state index contributed by atoms with van der Waals surface area (Å²) in [5, 5.41) is 2.47. The van der Waals surface area contributed by atoms with Crippen LogP contribution in [-0.4, -0.2) is 61.1 Å². The van der Waals surface area contributed by atoms with Gasteiger partial charge in [0, 0.05) is 31.9 Å². The standard InChI is InChI=1S/C16H20F3N3O3/c1-2-25-15(24)22-8-6-21(7-9-22)11-14(23)20-13-5-3-4-12(10-13)16(17,18)19/h3-5,10H,2,6-9,11H2,1H3,(H,20,23). The molecule has 1 aromatic rings. The van der Waals surface area contributed by atoms with Crippen molar-refractivity contribution in [2.45, 2.75) is 13.1 Å². The van der Waals surface area contributed by atoms with Gasteiger partial charge in [0.2, 0.25) is 5.91 Å². The van der Waals surface area contributed by atoms with E-state index in [1.165, 1.54) is 12.1 Å². The van der Waals surface area contributed by atoms with Gasteiger partial charge in [0.25, 0.3) is 0 Å². The molecule has 0 aromatic heterocycles. The average molecular weight is 359 g/mol. The lowest BCUT2D eigenvalue weighted by molar-refractivity contribution is -0.137. The number of amides is 2. The Kier molecular flexibility index (Phi) is 6.24. The Labute approximate surface area is 143 Å². The molecule has 1 fully saturated rings. The molecular weight excluding hydrogens is 339 g/mol. The largest absolute Gasteiger partial charge is 0.450 e. The van der Waals surface area contributed by atoms with Gasteiger partial charge in [0.05, 0.1) is 18.7 Å². The molecule has 2 rings (SSSR count). The molecule has 138 valence electrons. The summed E-state index contributed by atoms with van der Waals surface area (Å²) in [6, 6.07) is 4.50. The molecule has 2 amide bonds. The van der Waals surface area contributed by atoms with E-state index in [0.717, 1.165) is 12.1 Å². The van der Waals surface area contributed by atoms with Gasteiger partial charge < -0.3 is 15.0 Å². The molecule has 9 heteroatoms. The fraction of sp³-hybridized carbons (Fsp3) is 0.500. The van der Waals surface area contributed by atoms with Crippen molar-refractivity contribution in [3.05, 3.63) is 29.8 Å². The van der Waals surface area contributed by atoms with Gasteiger partial charge in [-0.05, 0) is 25.1 Å². The highest BCUT2D eigenvalue weighted by molar-refractivity contribution is 5.92. The number of carbonyl (C=O) groups excluding carboxylic acids is 2. The summed E-state index contributed by atoms with van der Waals surface area (Å²) in [5.41, 5.74) is -0.710. The van der Waals surface area contributed by atoms with E-state index in [4.69, 9.17) is 4.74 Å². The third-order valence-corrected chi connectivity index (χ3v) is 3.74. The lowest BCUT2D eigenvalue weighted by atomic mass is 10.2. The molecule has 1 aromatic carbocycles. The Morgan fingerprint density at radius 1 is 1.20 bits per heavy atom. The van der Waals surface area contributed by atoms with Crippen LogP contribution >= 0.6 is 0 Å². The van der Waals surface area contributed by atoms with Crippen LogP contribution in [0, 0.1) is 0 Å². The highest BCUT2D eigenvalue weighted by Crippen LogP contribution is 2.30. The zero-order valence-electron chi connectivity index (χ0n) is 13.8. The normalized spacial score (nSPS) is 15.8. The van der Waals surface area contributed by atoms with Gasteiger partial charge >= 0.3 is 12.3 Å². The first kappa shape index (κ1) is 19.0. The van der Waals surface area contributed by atoms with E-state index in [-0.39, 0.29) is 18.3 Å². The van der Waals surface area contributed by atoms with E-state index in [2.05, 4.69) is 5.32 Å². The van der Waals surface area contributed by atoms with Gasteiger partial charge in [0.15, 0.2) is 0 Å². The number of piperazine rings is 1. The summed E-state index contributed by atoms with van der Waals surface area (Å²) in [6.45, 7) is 3.95. The summed E-state index contributed by atoms with van der Waals surface area (Å²) in [6.07, 6.45) is -4.83. The maximum Gasteiger partial charge on any atom is 0.416 e. The van der Waals surface area contributed by atoms with Crippen molar-refractivity contribution in [2.75, 3.05) is 44.6 Å². The molecule has 1 saturated heterocycles. The van der Waals surface area contributed by atoms with Crippen LogP contribution in [0.15, 0.2) is 24.3 Å². The molecule has 1 N–H and O–H groups in total. The van der Waals surface area contributed by atoms with Crippen LogP contribution < -0.4 is 5.32 Å². The van der Waals surface area contributed by atoms with Crippen LogP contribution in [0.3, 0.4) is 0 Å². The highest BCUT2D eigenvalue weighted by Gasteiger charge is 2.30. The summed E-state index contributed by atoms with van der Waals surface area (Å²) < 4.78 is 42.9. The predicted molar refractivity (Wildman–Crippen MR) is 85.1 cm³/mol. The van der Waals surface area contributed by atoms with Crippen LogP contribution in [0.2, 0.25) is 0 Å². The van der Waals surface area contributed by atoms with Gasteiger partial charge in [-0.1, -0.05) is 6.07 Å². The second kappa shape index (κ2) is 8.19. The van der Waals surface area contributed by atoms with Crippen LogP contribution in [0.4, 0.5) is 23.7 Å². The molecule has 1 heterocycles. The summed E-state index contributed by atoms with van der Waals surface area (Å²) >= 11 is 0. The number of nitrogens with one attached hydrogen (secondary N) is 1.